The maximum atomic E-state index is 13.4. The summed E-state index contributed by atoms with van der Waals surface area (Å²) in [6.45, 7) is 1.84. The van der Waals surface area contributed by atoms with Crippen molar-refractivity contribution in [1.82, 2.24) is 4.57 Å². The molecule has 20 heavy (non-hydrogen) atoms. The Morgan fingerprint density at radius 1 is 1.35 bits per heavy atom. The first-order chi connectivity index (χ1) is 8.99. The number of hydrogen-bond donors (Lipinski definition) is 1. The van der Waals surface area contributed by atoms with Crippen molar-refractivity contribution in [3.05, 3.63) is 48.1 Å². The van der Waals surface area contributed by atoms with Crippen molar-refractivity contribution in [3.63, 3.8) is 0 Å². The monoisotopic (exact) mass is 301 g/mol. The smallest absolute Gasteiger partial charge is 0.266 e. The molecule has 0 bridgehead atoms. The van der Waals surface area contributed by atoms with Gasteiger partial charge in [0.1, 0.15) is 29.7 Å². The lowest BCUT2D eigenvalue weighted by Gasteiger charge is -2.06. The largest absolute Gasteiger partial charge is 1.00 e. The number of carbonyl (C=O) groups excluding carboxylic acids is 1. The van der Waals surface area contributed by atoms with Gasteiger partial charge in [0.25, 0.3) is 11.7 Å². The van der Waals surface area contributed by atoms with Gasteiger partial charge in [-0.15, -0.1) is 0 Å². The summed E-state index contributed by atoms with van der Waals surface area (Å²) in [6, 6.07) is 3.44. The molecule has 4 nitrogen and oxygen atoms in total. The van der Waals surface area contributed by atoms with E-state index in [4.69, 9.17) is 0 Å². The van der Waals surface area contributed by atoms with E-state index in [0.717, 1.165) is 18.0 Å². The molecule has 0 fully saturated rings. The van der Waals surface area contributed by atoms with Gasteiger partial charge in [0.15, 0.2) is 6.54 Å². The molecule has 0 atom stereocenters. The number of carbonyl (C=O) groups is 1. The number of nitrogens with one attached hydrogen (secondary N) is 1. The van der Waals surface area contributed by atoms with Gasteiger partial charge >= 0.3 is 0 Å². The summed E-state index contributed by atoms with van der Waals surface area (Å²) >= 11 is 0. The van der Waals surface area contributed by atoms with E-state index >= 15 is 0 Å². The lowest BCUT2D eigenvalue weighted by molar-refractivity contribution is -0.677. The standard InChI is InChI=1S/C13H13F2N3O.ClH/c1-9-17(2)6-7-18(9)8-12(19)16-13-10(14)4-3-5-11(13)15;/h3-7H,8H2,1-2H3;1H. The molecule has 0 spiro atoms. The number of para-hydroxylation sites is 1. The van der Waals surface area contributed by atoms with Crippen molar-refractivity contribution < 1.29 is 30.5 Å². The second kappa shape index (κ2) is 6.47. The number of hydrogen-bond acceptors (Lipinski definition) is 1. The maximum absolute atomic E-state index is 13.4. The van der Waals surface area contributed by atoms with Crippen LogP contribution in [-0.4, -0.2) is 10.5 Å². The topological polar surface area (TPSA) is 37.9 Å². The average Bonchev–Trinajstić information content (AvgIpc) is 2.66. The first-order valence-electron chi connectivity index (χ1n) is 5.74. The molecule has 0 saturated carbocycles. The molecule has 1 aromatic heterocycles. The molecular weight excluding hydrogens is 288 g/mol. The molecule has 1 heterocycles. The number of imidazole rings is 1. The Bertz CT molecular complexity index is 608. The van der Waals surface area contributed by atoms with Gasteiger partial charge in [0.2, 0.25) is 0 Å². The van der Waals surface area contributed by atoms with Gasteiger partial charge < -0.3 is 17.7 Å². The number of amides is 1. The molecule has 1 amide bonds. The molecule has 0 unspecified atom stereocenters. The maximum Gasteiger partial charge on any atom is 0.266 e. The van der Waals surface area contributed by atoms with Gasteiger partial charge in [-0.05, 0) is 12.1 Å². The van der Waals surface area contributed by atoms with Gasteiger partial charge in [0.05, 0.1) is 7.05 Å². The molecule has 7 heteroatoms. The van der Waals surface area contributed by atoms with Crippen LogP contribution in [0.25, 0.3) is 0 Å². The van der Waals surface area contributed by atoms with E-state index in [1.165, 1.54) is 6.07 Å². The van der Waals surface area contributed by atoms with Crippen LogP contribution >= 0.6 is 0 Å². The minimum Gasteiger partial charge on any atom is -1.00 e. The predicted octanol–water partition coefficient (Wildman–Crippen LogP) is -1.46. The van der Waals surface area contributed by atoms with Crippen LogP contribution in [0.1, 0.15) is 5.82 Å². The Morgan fingerprint density at radius 2 is 1.95 bits per heavy atom. The van der Waals surface area contributed by atoms with Crippen LogP contribution in [-0.2, 0) is 18.4 Å². The third kappa shape index (κ3) is 3.33. The van der Waals surface area contributed by atoms with Crippen LogP contribution < -0.4 is 22.3 Å². The van der Waals surface area contributed by atoms with Crippen LogP contribution in [0.3, 0.4) is 0 Å². The fourth-order valence-corrected chi connectivity index (χ4v) is 1.72. The van der Waals surface area contributed by atoms with Gasteiger partial charge in [-0.2, -0.15) is 0 Å². The Kier molecular flexibility index (Phi) is 5.21. The fraction of sp³-hybridized carbons (Fsp3) is 0.231. The zero-order valence-corrected chi connectivity index (χ0v) is 11.8. The van der Waals surface area contributed by atoms with E-state index in [9.17, 15) is 13.6 Å². The van der Waals surface area contributed by atoms with Crippen LogP contribution in [0.2, 0.25) is 0 Å². The van der Waals surface area contributed by atoms with E-state index in [0.29, 0.717) is 0 Å². The number of rotatable bonds is 3. The van der Waals surface area contributed by atoms with Gasteiger partial charge in [-0.25, -0.2) is 17.9 Å². The van der Waals surface area contributed by atoms with E-state index in [-0.39, 0.29) is 19.0 Å². The van der Waals surface area contributed by atoms with Gasteiger partial charge in [0, 0.05) is 6.92 Å². The Balaban J connectivity index is 0.00000200. The van der Waals surface area contributed by atoms with Gasteiger partial charge in [-0.1, -0.05) is 6.07 Å². The molecule has 0 aliphatic carbocycles. The molecule has 108 valence electrons. The molecular formula is C13H14ClF2N3O. The third-order valence-electron chi connectivity index (χ3n) is 2.94. The highest BCUT2D eigenvalue weighted by Crippen LogP contribution is 2.17. The number of halogens is 3. The zero-order chi connectivity index (χ0) is 14.0. The first-order valence-corrected chi connectivity index (χ1v) is 5.74. The summed E-state index contributed by atoms with van der Waals surface area (Å²) in [4.78, 5) is 11.8. The molecule has 0 radical (unpaired) electrons. The van der Waals surface area contributed by atoms with Crippen molar-refractivity contribution >= 4 is 11.6 Å². The SMILES string of the molecule is Cc1n(CC(=O)Nc2c(F)cccc2F)cc[n+]1C.[Cl-]. The Morgan fingerprint density at radius 3 is 2.45 bits per heavy atom. The van der Waals surface area contributed by atoms with Crippen LogP contribution in [0.4, 0.5) is 14.5 Å². The van der Waals surface area contributed by atoms with E-state index in [2.05, 4.69) is 5.32 Å². The van der Waals surface area contributed by atoms with E-state index in [1.54, 1.807) is 17.0 Å². The highest BCUT2D eigenvalue weighted by molar-refractivity contribution is 5.90. The third-order valence-corrected chi connectivity index (χ3v) is 2.94. The minimum atomic E-state index is -0.789. The number of aromatic nitrogens is 2. The van der Waals surface area contributed by atoms with Crippen molar-refractivity contribution in [2.75, 3.05) is 5.32 Å². The Hall–Kier alpha value is -1.95. The van der Waals surface area contributed by atoms with Crippen molar-refractivity contribution in [3.8, 4) is 0 Å². The van der Waals surface area contributed by atoms with Crippen molar-refractivity contribution in [2.45, 2.75) is 13.5 Å². The quantitative estimate of drug-likeness (QED) is 0.692. The molecule has 0 aliphatic heterocycles. The minimum absolute atomic E-state index is 0. The van der Waals surface area contributed by atoms with E-state index in [1.807, 2.05) is 18.5 Å². The summed E-state index contributed by atoms with van der Waals surface area (Å²) in [5, 5.41) is 2.24. The molecule has 1 N–H and O–H groups in total. The van der Waals surface area contributed by atoms with Crippen molar-refractivity contribution in [1.29, 1.82) is 0 Å². The summed E-state index contributed by atoms with van der Waals surface area (Å²) in [5.41, 5.74) is -0.415. The summed E-state index contributed by atoms with van der Waals surface area (Å²) in [7, 11) is 1.85. The highest BCUT2D eigenvalue weighted by atomic mass is 35.5. The number of nitrogens with zero attached hydrogens (tertiary/aromatic N) is 2. The van der Waals surface area contributed by atoms with Crippen LogP contribution in [0, 0.1) is 18.6 Å². The molecule has 0 aliphatic rings. The summed E-state index contributed by atoms with van der Waals surface area (Å²) < 4.78 is 30.3. The Labute approximate surface area is 121 Å². The zero-order valence-electron chi connectivity index (χ0n) is 11.0. The van der Waals surface area contributed by atoms with E-state index < -0.39 is 23.2 Å². The van der Waals surface area contributed by atoms with Gasteiger partial charge in [-0.3, -0.25) is 4.79 Å². The summed E-state index contributed by atoms with van der Waals surface area (Å²) in [5.74, 6) is -1.20. The fourth-order valence-electron chi connectivity index (χ4n) is 1.72. The summed E-state index contributed by atoms with van der Waals surface area (Å²) in [6.07, 6.45) is 3.53. The molecule has 2 rings (SSSR count). The van der Waals surface area contributed by atoms with Crippen molar-refractivity contribution in [2.24, 2.45) is 7.05 Å². The second-order valence-corrected chi connectivity index (χ2v) is 4.23. The lowest BCUT2D eigenvalue weighted by atomic mass is 10.3. The van der Waals surface area contributed by atoms with Crippen LogP contribution in [0.5, 0.6) is 0 Å². The predicted molar refractivity (Wildman–Crippen MR) is 65.3 cm³/mol. The number of benzene rings is 1. The van der Waals surface area contributed by atoms with Crippen LogP contribution in [0.15, 0.2) is 30.6 Å². The number of anilines is 1. The first kappa shape index (κ1) is 16.1. The molecule has 2 aromatic rings. The molecule has 0 saturated heterocycles. The average molecular weight is 302 g/mol. The highest BCUT2D eigenvalue weighted by Gasteiger charge is 2.16. The molecule has 1 aromatic carbocycles. The number of aryl methyl sites for hydroxylation is 1. The lowest BCUT2D eigenvalue weighted by Crippen LogP contribution is -3.00. The normalized spacial score (nSPS) is 10.0. The second-order valence-electron chi connectivity index (χ2n) is 4.23.